The molecule has 7 rings (SSSR count). The molecule has 0 saturated carbocycles. The van der Waals surface area contributed by atoms with Crippen LogP contribution < -0.4 is 11.1 Å². The second kappa shape index (κ2) is 15.5. The lowest BCUT2D eigenvalue weighted by atomic mass is 9.99. The van der Waals surface area contributed by atoms with Crippen LogP contribution in [0.25, 0.3) is 10.2 Å². The molecule has 1 aromatic heterocycles. The number of urea groups is 1. The second-order valence-corrected chi connectivity index (χ2v) is 13.9. The minimum Gasteiger partial charge on any atom is -0.375 e. The van der Waals surface area contributed by atoms with Crippen LogP contribution in [0.3, 0.4) is 0 Å². The minimum absolute atomic E-state index is 0.0863. The predicted octanol–water partition coefficient (Wildman–Crippen LogP) is 4.85. The van der Waals surface area contributed by atoms with Crippen LogP contribution in [0.15, 0.2) is 116 Å². The number of fused-ring (bicyclic) bond motifs is 2. The zero-order chi connectivity index (χ0) is 36.9. The Morgan fingerprint density at radius 3 is 2.43 bits per heavy atom. The molecule has 0 radical (unpaired) electrons. The Balaban J connectivity index is 1.16. The van der Waals surface area contributed by atoms with Gasteiger partial charge in [-0.3, -0.25) is 19.4 Å². The first-order chi connectivity index (χ1) is 25.8. The maximum absolute atomic E-state index is 14.4. The van der Waals surface area contributed by atoms with Crippen LogP contribution >= 0.6 is 11.3 Å². The number of rotatable bonds is 10. The Morgan fingerprint density at radius 1 is 0.962 bits per heavy atom. The fourth-order valence-electron chi connectivity index (χ4n) is 6.78. The summed E-state index contributed by atoms with van der Waals surface area (Å²) < 4.78 is 0.918. The van der Waals surface area contributed by atoms with Crippen molar-refractivity contribution in [2.24, 2.45) is 0 Å². The van der Waals surface area contributed by atoms with Gasteiger partial charge in [0, 0.05) is 30.6 Å². The van der Waals surface area contributed by atoms with E-state index in [1.807, 2.05) is 66.7 Å². The van der Waals surface area contributed by atoms with Crippen LogP contribution in [0.4, 0.5) is 9.93 Å². The van der Waals surface area contributed by atoms with Crippen LogP contribution in [-0.2, 0) is 29.1 Å². The molecular weight excluding hydrogens is 687 g/mol. The Hall–Kier alpha value is -6.29. The maximum atomic E-state index is 14.4. The summed E-state index contributed by atoms with van der Waals surface area (Å²) in [6.07, 6.45) is 1.22. The first kappa shape index (κ1) is 35.1. The van der Waals surface area contributed by atoms with Gasteiger partial charge in [0.1, 0.15) is 12.2 Å². The second-order valence-electron chi connectivity index (χ2n) is 12.8. The molecule has 266 valence electrons. The number of hydrogen-bond acceptors (Lipinski definition) is 8. The highest BCUT2D eigenvalue weighted by molar-refractivity contribution is 7.22. The molecule has 5 aromatic rings. The number of nitrogens with zero attached hydrogens (tertiary/aromatic N) is 5. The van der Waals surface area contributed by atoms with Crippen LogP contribution in [-0.4, -0.2) is 80.3 Å². The number of hydrazine groups is 1. The first-order valence-corrected chi connectivity index (χ1v) is 18.0. The predicted molar refractivity (Wildman–Crippen MR) is 204 cm³/mol. The van der Waals surface area contributed by atoms with Gasteiger partial charge in [-0.15, -0.1) is 6.58 Å². The lowest BCUT2D eigenvalue weighted by Gasteiger charge is -2.46. The minimum atomic E-state index is -0.847. The third kappa shape index (κ3) is 7.67. The molecule has 11 nitrogen and oxygen atoms in total. The number of anilines is 1. The van der Waals surface area contributed by atoms with E-state index >= 15 is 0 Å². The third-order valence-corrected chi connectivity index (χ3v) is 10.2. The number of piperazine rings is 1. The number of para-hydroxylation sites is 1. The van der Waals surface area contributed by atoms with Gasteiger partial charge in [0.25, 0.3) is 0 Å². The summed E-state index contributed by atoms with van der Waals surface area (Å²) >= 11 is 1.38. The number of aromatic nitrogens is 1. The van der Waals surface area contributed by atoms with E-state index < -0.39 is 12.2 Å². The van der Waals surface area contributed by atoms with E-state index in [1.54, 1.807) is 57.3 Å². The number of benzene rings is 4. The van der Waals surface area contributed by atoms with Crippen LogP contribution in [0.2, 0.25) is 0 Å². The number of amides is 4. The molecule has 4 aromatic carbocycles. The molecule has 12 heteroatoms. The number of nitrogens with two attached hydrogens (primary N) is 1. The van der Waals surface area contributed by atoms with Gasteiger partial charge in [0.05, 0.1) is 29.9 Å². The molecule has 2 aliphatic rings. The average molecular weight is 724 g/mol. The molecule has 2 atom stereocenters. The number of nitrogen functional groups attached to an aromatic ring is 1. The summed E-state index contributed by atoms with van der Waals surface area (Å²) in [6.45, 7) is 4.65. The number of Topliss-reactive ketones (excluding diaryl/α,β-unsaturated/α-hetero) is 1. The molecule has 0 aliphatic carbocycles. The molecule has 2 aliphatic heterocycles. The molecule has 0 spiro atoms. The van der Waals surface area contributed by atoms with Crippen molar-refractivity contribution in [1.29, 1.82) is 0 Å². The van der Waals surface area contributed by atoms with Crippen molar-refractivity contribution in [3.05, 3.63) is 144 Å². The molecular formula is C41H37N7O4S. The number of carbonyl (C=O) groups is 4. The molecule has 53 heavy (non-hydrogen) atoms. The van der Waals surface area contributed by atoms with Crippen molar-refractivity contribution in [1.82, 2.24) is 30.1 Å². The van der Waals surface area contributed by atoms with Gasteiger partial charge in [-0.25, -0.2) is 9.78 Å². The molecule has 3 heterocycles. The summed E-state index contributed by atoms with van der Waals surface area (Å²) in [5.74, 6) is 4.88. The van der Waals surface area contributed by atoms with Crippen molar-refractivity contribution in [3.8, 4) is 11.8 Å². The van der Waals surface area contributed by atoms with E-state index in [4.69, 9.17) is 5.73 Å². The highest BCUT2D eigenvalue weighted by Crippen LogP contribution is 2.32. The maximum Gasteiger partial charge on any atom is 0.332 e. The van der Waals surface area contributed by atoms with E-state index in [2.05, 4.69) is 28.7 Å². The van der Waals surface area contributed by atoms with Crippen LogP contribution in [0, 0.1) is 11.8 Å². The smallest absolute Gasteiger partial charge is 0.332 e. The Kier molecular flexibility index (Phi) is 10.3. The molecule has 0 unspecified atom stereocenters. The van der Waals surface area contributed by atoms with Gasteiger partial charge in [0.2, 0.25) is 17.6 Å². The van der Waals surface area contributed by atoms with E-state index in [0.717, 1.165) is 26.9 Å². The zero-order valence-electron chi connectivity index (χ0n) is 28.9. The van der Waals surface area contributed by atoms with Gasteiger partial charge in [-0.1, -0.05) is 108 Å². The fourth-order valence-corrected chi connectivity index (χ4v) is 7.56. The number of nitrogens with one attached hydrogen (secondary N) is 1. The van der Waals surface area contributed by atoms with Gasteiger partial charge in [-0.05, 0) is 40.8 Å². The quantitative estimate of drug-likeness (QED) is 0.120. The monoisotopic (exact) mass is 723 g/mol. The van der Waals surface area contributed by atoms with E-state index in [-0.39, 0.29) is 56.2 Å². The molecule has 2 fully saturated rings. The Bertz CT molecular complexity index is 2230. The number of hydrogen-bond donors (Lipinski definition) is 2. The first-order valence-electron chi connectivity index (χ1n) is 17.2. The normalized spacial score (nSPS) is 16.9. The van der Waals surface area contributed by atoms with Crippen molar-refractivity contribution >= 4 is 50.3 Å². The lowest BCUT2D eigenvalue weighted by molar-refractivity contribution is -0.157. The van der Waals surface area contributed by atoms with Crippen molar-refractivity contribution in [2.75, 3.05) is 25.4 Å². The van der Waals surface area contributed by atoms with Gasteiger partial charge < -0.3 is 20.9 Å². The van der Waals surface area contributed by atoms with Crippen LogP contribution in [0.1, 0.15) is 32.6 Å². The average Bonchev–Trinajstić information content (AvgIpc) is 3.73. The number of thiazole rings is 1. The van der Waals surface area contributed by atoms with Gasteiger partial charge >= 0.3 is 6.03 Å². The fraction of sp³-hybridized carbons (Fsp3) is 0.195. The van der Waals surface area contributed by atoms with Gasteiger partial charge in [-0.2, -0.15) is 5.01 Å². The Morgan fingerprint density at radius 2 is 1.70 bits per heavy atom. The summed E-state index contributed by atoms with van der Waals surface area (Å²) in [5, 5.41) is 6.64. The Labute approximate surface area is 311 Å². The van der Waals surface area contributed by atoms with Crippen molar-refractivity contribution in [2.45, 2.75) is 31.7 Å². The topological polar surface area (TPSA) is 132 Å². The van der Waals surface area contributed by atoms with E-state index in [1.165, 1.54) is 16.3 Å². The van der Waals surface area contributed by atoms with E-state index in [0.29, 0.717) is 22.8 Å². The van der Waals surface area contributed by atoms with Crippen molar-refractivity contribution < 1.29 is 19.2 Å². The standard InChI is InChI=1S/C41H37N7O4S/c1-2-22-46(41(52)43-24-30-10-5-3-6-11-30)47-27-37(50)48-33(23-29-18-16-28(17-19-29)20-21-34(49)31-12-7-4-8-13-31)39(51)45(26-36(47)48)25-32-14-9-15-35-38(32)44-40(42)53-35/h2-19,33,36H,1,22-27H2,(H2,42,44)(H,43,52)/t33-,36+/m0/s1. The number of ketones is 1. The summed E-state index contributed by atoms with van der Waals surface area (Å²) in [7, 11) is 0. The zero-order valence-corrected chi connectivity index (χ0v) is 29.7. The molecule has 2 saturated heterocycles. The molecule has 0 bridgehead atoms. The highest BCUT2D eigenvalue weighted by atomic mass is 32.1. The summed E-state index contributed by atoms with van der Waals surface area (Å²) in [5.41, 5.74) is 10.5. The largest absolute Gasteiger partial charge is 0.375 e. The molecule has 4 amide bonds. The molecule has 3 N–H and O–H groups in total. The third-order valence-electron chi connectivity index (χ3n) is 9.32. The van der Waals surface area contributed by atoms with Gasteiger partial charge in [0.15, 0.2) is 5.13 Å². The van der Waals surface area contributed by atoms with E-state index in [9.17, 15) is 19.2 Å². The number of carbonyl (C=O) groups excluding carboxylic acids is 4. The lowest BCUT2D eigenvalue weighted by Crippen LogP contribution is -2.66. The summed E-state index contributed by atoms with van der Waals surface area (Å²) in [4.78, 5) is 62.4. The summed E-state index contributed by atoms with van der Waals surface area (Å²) in [6, 6.07) is 30.3. The highest BCUT2D eigenvalue weighted by Gasteiger charge is 2.52. The SMILES string of the molecule is C=CCN(C(=O)NCc1ccccc1)N1CC(=O)N2[C@@H](Cc3ccc(C#CC(=O)c4ccccc4)cc3)C(=O)N(Cc3cccc4sc(N)nc34)C[C@@H]21. The van der Waals surface area contributed by atoms with Crippen LogP contribution in [0.5, 0.6) is 0 Å². The van der Waals surface area contributed by atoms with Crippen molar-refractivity contribution in [3.63, 3.8) is 0 Å².